The summed E-state index contributed by atoms with van der Waals surface area (Å²) in [6, 6.07) is 6.94. The molecule has 2 heterocycles. The maximum absolute atomic E-state index is 11.6. The van der Waals surface area contributed by atoms with Crippen LogP contribution in [0.15, 0.2) is 28.8 Å². The lowest BCUT2D eigenvalue weighted by molar-refractivity contribution is 0.361. The van der Waals surface area contributed by atoms with Gasteiger partial charge in [0.05, 0.1) is 11.5 Å². The van der Waals surface area contributed by atoms with E-state index in [2.05, 4.69) is 15.5 Å². The molecule has 112 valence electrons. The van der Waals surface area contributed by atoms with Gasteiger partial charge in [-0.05, 0) is 24.3 Å². The number of hydrogen-bond acceptors (Lipinski definition) is 6. The zero-order valence-electron chi connectivity index (χ0n) is 11.1. The second-order valence-electron chi connectivity index (χ2n) is 4.99. The van der Waals surface area contributed by atoms with Crippen LogP contribution in [0.5, 0.6) is 0 Å². The molecule has 1 aliphatic rings. The Bertz CT molecular complexity index is 727. The van der Waals surface area contributed by atoms with Crippen molar-refractivity contribution in [1.82, 2.24) is 15.5 Å². The van der Waals surface area contributed by atoms with E-state index >= 15 is 0 Å². The number of nitrogens with zero attached hydrogens (tertiary/aromatic N) is 2. The quantitative estimate of drug-likeness (QED) is 0.915. The van der Waals surface area contributed by atoms with Crippen molar-refractivity contribution in [2.24, 2.45) is 0 Å². The number of aromatic nitrogens is 2. The Morgan fingerprint density at radius 2 is 2.10 bits per heavy atom. The van der Waals surface area contributed by atoms with E-state index in [1.54, 1.807) is 24.3 Å². The number of benzene rings is 1. The zero-order valence-corrected chi connectivity index (χ0v) is 12.7. The first kappa shape index (κ1) is 14.5. The maximum atomic E-state index is 11.6. The van der Waals surface area contributed by atoms with Crippen LogP contribution in [0.4, 0.5) is 0 Å². The van der Waals surface area contributed by atoms with Gasteiger partial charge < -0.3 is 9.84 Å². The van der Waals surface area contributed by atoms with Crippen molar-refractivity contribution in [1.29, 1.82) is 0 Å². The molecule has 3 rings (SSSR count). The molecule has 1 aromatic heterocycles. The SMILES string of the molecule is O=S1(=O)CCNC(Cc2nc(-c3ccc(Cl)cc3)no2)C1. The van der Waals surface area contributed by atoms with Crippen molar-refractivity contribution < 1.29 is 12.9 Å². The van der Waals surface area contributed by atoms with E-state index in [1.165, 1.54) is 0 Å². The Balaban J connectivity index is 1.72. The first-order chi connectivity index (χ1) is 10.0. The highest BCUT2D eigenvalue weighted by molar-refractivity contribution is 7.91. The van der Waals surface area contributed by atoms with Crippen molar-refractivity contribution in [3.8, 4) is 11.4 Å². The summed E-state index contributed by atoms with van der Waals surface area (Å²) in [6.07, 6.45) is 0.403. The minimum atomic E-state index is -2.97. The summed E-state index contributed by atoms with van der Waals surface area (Å²) in [5, 5.41) is 7.70. The van der Waals surface area contributed by atoms with Gasteiger partial charge in [-0.3, -0.25) is 0 Å². The van der Waals surface area contributed by atoms with Crippen molar-refractivity contribution in [3.63, 3.8) is 0 Å². The summed E-state index contributed by atoms with van der Waals surface area (Å²) >= 11 is 5.83. The Morgan fingerprint density at radius 3 is 2.81 bits per heavy atom. The Morgan fingerprint density at radius 1 is 1.33 bits per heavy atom. The molecular weight excluding hydrogens is 314 g/mol. The molecule has 1 unspecified atom stereocenters. The molecule has 0 saturated carbocycles. The smallest absolute Gasteiger partial charge is 0.228 e. The molecule has 1 atom stereocenters. The molecule has 6 nitrogen and oxygen atoms in total. The largest absolute Gasteiger partial charge is 0.339 e. The third-order valence-corrected chi connectivity index (χ3v) is 5.28. The van der Waals surface area contributed by atoms with Crippen LogP contribution in [-0.2, 0) is 16.3 Å². The van der Waals surface area contributed by atoms with Crippen LogP contribution in [0, 0.1) is 0 Å². The van der Waals surface area contributed by atoms with Crippen LogP contribution in [-0.4, -0.2) is 42.7 Å². The van der Waals surface area contributed by atoms with E-state index < -0.39 is 9.84 Å². The first-order valence-electron chi connectivity index (χ1n) is 6.54. The van der Waals surface area contributed by atoms with Crippen molar-refractivity contribution in [3.05, 3.63) is 35.2 Å². The third kappa shape index (κ3) is 3.61. The highest BCUT2D eigenvalue weighted by Gasteiger charge is 2.26. The predicted molar refractivity (Wildman–Crippen MR) is 78.9 cm³/mol. The third-order valence-electron chi connectivity index (χ3n) is 3.29. The molecule has 0 aliphatic carbocycles. The van der Waals surface area contributed by atoms with E-state index in [4.69, 9.17) is 16.1 Å². The Labute approximate surface area is 127 Å². The van der Waals surface area contributed by atoms with Gasteiger partial charge >= 0.3 is 0 Å². The topological polar surface area (TPSA) is 85.1 Å². The summed E-state index contributed by atoms with van der Waals surface area (Å²) < 4.78 is 28.4. The average molecular weight is 328 g/mol. The molecule has 1 N–H and O–H groups in total. The lowest BCUT2D eigenvalue weighted by atomic mass is 10.2. The van der Waals surface area contributed by atoms with E-state index in [9.17, 15) is 8.42 Å². The average Bonchev–Trinajstić information content (AvgIpc) is 2.87. The molecule has 0 radical (unpaired) electrons. The van der Waals surface area contributed by atoms with Gasteiger partial charge in [0.25, 0.3) is 0 Å². The molecule has 0 spiro atoms. The minimum Gasteiger partial charge on any atom is -0.339 e. The highest BCUT2D eigenvalue weighted by Crippen LogP contribution is 2.19. The fourth-order valence-electron chi connectivity index (χ4n) is 2.26. The molecule has 1 aliphatic heterocycles. The van der Waals surface area contributed by atoms with Gasteiger partial charge in [-0.2, -0.15) is 4.98 Å². The molecule has 8 heteroatoms. The molecule has 2 aromatic rings. The zero-order chi connectivity index (χ0) is 14.9. The molecule has 0 bridgehead atoms. The predicted octanol–water partition coefficient (Wildman–Crippen LogP) is 1.32. The van der Waals surface area contributed by atoms with Gasteiger partial charge in [-0.1, -0.05) is 16.8 Å². The number of rotatable bonds is 3. The van der Waals surface area contributed by atoms with Crippen LogP contribution in [0.3, 0.4) is 0 Å². The summed E-state index contributed by atoms with van der Waals surface area (Å²) in [5.41, 5.74) is 0.804. The molecule has 21 heavy (non-hydrogen) atoms. The Hall–Kier alpha value is -1.44. The van der Waals surface area contributed by atoms with Crippen molar-refractivity contribution in [2.75, 3.05) is 18.1 Å². The van der Waals surface area contributed by atoms with E-state index in [-0.39, 0.29) is 17.5 Å². The Kier molecular flexibility index (Phi) is 3.97. The van der Waals surface area contributed by atoms with Gasteiger partial charge in [-0.15, -0.1) is 0 Å². The van der Waals surface area contributed by atoms with E-state index in [1.807, 2.05) is 0 Å². The molecular formula is C13H14ClN3O3S. The van der Waals surface area contributed by atoms with Gasteiger partial charge in [0.2, 0.25) is 11.7 Å². The van der Waals surface area contributed by atoms with Crippen LogP contribution in [0.1, 0.15) is 5.89 Å². The van der Waals surface area contributed by atoms with Crippen LogP contribution in [0.2, 0.25) is 5.02 Å². The van der Waals surface area contributed by atoms with Gasteiger partial charge in [-0.25, -0.2) is 8.42 Å². The standard InChI is InChI=1S/C13H14ClN3O3S/c14-10-3-1-9(2-4-10)13-16-12(20-17-13)7-11-8-21(18,19)6-5-15-11/h1-4,11,15H,5-8H2. The summed E-state index contributed by atoms with van der Waals surface area (Å²) in [6.45, 7) is 0.463. The van der Waals surface area contributed by atoms with Gasteiger partial charge in [0.15, 0.2) is 9.84 Å². The van der Waals surface area contributed by atoms with E-state index in [0.29, 0.717) is 29.7 Å². The van der Waals surface area contributed by atoms with Crippen LogP contribution >= 0.6 is 11.6 Å². The monoisotopic (exact) mass is 327 g/mol. The summed E-state index contributed by atoms with van der Waals surface area (Å²) in [4.78, 5) is 4.30. The number of halogens is 1. The second-order valence-corrected chi connectivity index (χ2v) is 7.65. The molecule has 0 amide bonds. The first-order valence-corrected chi connectivity index (χ1v) is 8.74. The molecule has 1 saturated heterocycles. The van der Waals surface area contributed by atoms with Gasteiger partial charge in [0, 0.05) is 29.6 Å². The second kappa shape index (κ2) is 5.75. The normalized spacial score (nSPS) is 21.3. The fraction of sp³-hybridized carbons (Fsp3) is 0.385. The number of sulfone groups is 1. The number of hydrogen-bond donors (Lipinski definition) is 1. The van der Waals surface area contributed by atoms with Crippen molar-refractivity contribution >= 4 is 21.4 Å². The van der Waals surface area contributed by atoms with Crippen LogP contribution < -0.4 is 5.32 Å². The van der Waals surface area contributed by atoms with Crippen molar-refractivity contribution in [2.45, 2.75) is 12.5 Å². The summed E-state index contributed by atoms with van der Waals surface area (Å²) in [7, 11) is -2.97. The van der Waals surface area contributed by atoms with E-state index in [0.717, 1.165) is 5.56 Å². The maximum Gasteiger partial charge on any atom is 0.228 e. The van der Waals surface area contributed by atoms with Gasteiger partial charge in [0.1, 0.15) is 0 Å². The number of nitrogens with one attached hydrogen (secondary N) is 1. The fourth-order valence-corrected chi connectivity index (χ4v) is 3.83. The lowest BCUT2D eigenvalue weighted by Gasteiger charge is -2.21. The highest BCUT2D eigenvalue weighted by atomic mass is 35.5. The molecule has 1 aromatic carbocycles. The van der Waals surface area contributed by atoms with Crippen LogP contribution in [0.25, 0.3) is 11.4 Å². The minimum absolute atomic E-state index is 0.103. The lowest BCUT2D eigenvalue weighted by Crippen LogP contribution is -2.46. The molecule has 1 fully saturated rings. The summed E-state index contributed by atoms with van der Waals surface area (Å²) in [5.74, 6) is 1.18.